The van der Waals surface area contributed by atoms with Crippen molar-refractivity contribution in [2.24, 2.45) is 0 Å². The van der Waals surface area contributed by atoms with Crippen molar-refractivity contribution in [1.82, 2.24) is 4.98 Å². The van der Waals surface area contributed by atoms with E-state index in [-0.39, 0.29) is 5.88 Å². The number of carbonyl (C=O) groups is 1. The van der Waals surface area contributed by atoms with Crippen molar-refractivity contribution in [2.75, 3.05) is 7.11 Å². The summed E-state index contributed by atoms with van der Waals surface area (Å²) >= 11 is 0. The second-order valence-electron chi connectivity index (χ2n) is 5.61. The first-order valence-corrected chi connectivity index (χ1v) is 8.00. The molecule has 25 heavy (non-hydrogen) atoms. The molecular weight excluding hydrogens is 314 g/mol. The number of carbonyl (C=O) groups excluding carboxylic acids is 1. The zero-order valence-electron chi connectivity index (χ0n) is 14.2. The maximum Gasteiger partial charge on any atom is 0.227 e. The van der Waals surface area contributed by atoms with Gasteiger partial charge in [-0.25, -0.2) is 0 Å². The number of methoxy groups -OCH3 is 1. The molecule has 3 rings (SSSR count). The Morgan fingerprint density at radius 3 is 2.52 bits per heavy atom. The molecule has 0 aliphatic rings. The summed E-state index contributed by atoms with van der Waals surface area (Å²) in [7, 11) is 1.48. The van der Waals surface area contributed by atoms with E-state index >= 15 is 0 Å². The van der Waals surface area contributed by atoms with Gasteiger partial charge in [-0.2, -0.15) is 4.98 Å². The first-order valence-electron chi connectivity index (χ1n) is 8.00. The highest BCUT2D eigenvalue weighted by atomic mass is 16.5. The highest BCUT2D eigenvalue weighted by Gasteiger charge is 2.09. The Bertz CT molecular complexity index is 876. The van der Waals surface area contributed by atoms with Crippen molar-refractivity contribution < 1.29 is 14.3 Å². The minimum absolute atomic E-state index is 0.266. The Hall–Kier alpha value is -3.14. The highest BCUT2D eigenvalue weighted by Crippen LogP contribution is 2.26. The first-order chi connectivity index (χ1) is 12.2. The highest BCUT2D eigenvalue weighted by molar-refractivity contribution is 5.78. The van der Waals surface area contributed by atoms with E-state index in [4.69, 9.17) is 9.47 Å². The molecule has 0 spiro atoms. The van der Waals surface area contributed by atoms with E-state index in [1.54, 1.807) is 12.1 Å². The average molecular weight is 333 g/mol. The Labute approximate surface area is 147 Å². The fourth-order valence-corrected chi connectivity index (χ4v) is 2.69. The van der Waals surface area contributed by atoms with Crippen LogP contribution in [0.5, 0.6) is 11.8 Å². The van der Waals surface area contributed by atoms with Crippen LogP contribution in [-0.2, 0) is 6.61 Å². The maximum absolute atomic E-state index is 10.9. The minimum atomic E-state index is 0.266. The zero-order valence-corrected chi connectivity index (χ0v) is 14.2. The van der Waals surface area contributed by atoms with E-state index in [2.05, 4.69) is 30.1 Å². The van der Waals surface area contributed by atoms with Crippen molar-refractivity contribution in [3.05, 3.63) is 77.4 Å². The standard InChI is InChI=1S/C21H19NO3/c1-15-18(9-6-10-19(15)16-7-4-3-5-8-16)14-25-20-12-11-17(13-23)21(22-20)24-2/h3-13H,14H2,1-2H3. The first kappa shape index (κ1) is 16.7. The molecule has 0 N–H and O–H groups in total. The van der Waals surface area contributed by atoms with Crippen LogP contribution >= 0.6 is 0 Å². The molecule has 126 valence electrons. The predicted molar refractivity (Wildman–Crippen MR) is 97.1 cm³/mol. The van der Waals surface area contributed by atoms with E-state index in [0.29, 0.717) is 24.3 Å². The molecular formula is C21H19NO3. The van der Waals surface area contributed by atoms with Crippen molar-refractivity contribution in [1.29, 1.82) is 0 Å². The summed E-state index contributed by atoms with van der Waals surface area (Å²) in [4.78, 5) is 15.1. The lowest BCUT2D eigenvalue weighted by atomic mass is 9.97. The molecule has 0 atom stereocenters. The van der Waals surface area contributed by atoms with Gasteiger partial charge >= 0.3 is 0 Å². The fourth-order valence-electron chi connectivity index (χ4n) is 2.69. The molecule has 0 saturated heterocycles. The average Bonchev–Trinajstić information content (AvgIpc) is 2.67. The Morgan fingerprint density at radius 2 is 1.80 bits per heavy atom. The summed E-state index contributed by atoms with van der Waals surface area (Å²) in [5.74, 6) is 0.689. The number of rotatable bonds is 6. The fraction of sp³-hybridized carbons (Fsp3) is 0.143. The monoisotopic (exact) mass is 333 g/mol. The van der Waals surface area contributed by atoms with Gasteiger partial charge in [-0.15, -0.1) is 0 Å². The summed E-state index contributed by atoms with van der Waals surface area (Å²) < 4.78 is 10.9. The Balaban J connectivity index is 1.81. The number of nitrogens with zero attached hydrogens (tertiary/aromatic N) is 1. The normalized spacial score (nSPS) is 10.3. The van der Waals surface area contributed by atoms with Crippen LogP contribution in [0.25, 0.3) is 11.1 Å². The topological polar surface area (TPSA) is 48.4 Å². The number of benzene rings is 2. The van der Waals surface area contributed by atoms with Crippen molar-refractivity contribution >= 4 is 6.29 Å². The lowest BCUT2D eigenvalue weighted by molar-refractivity contribution is 0.111. The van der Waals surface area contributed by atoms with Gasteiger partial charge in [0, 0.05) is 6.07 Å². The van der Waals surface area contributed by atoms with Gasteiger partial charge < -0.3 is 9.47 Å². The van der Waals surface area contributed by atoms with Gasteiger partial charge in [0.2, 0.25) is 11.8 Å². The van der Waals surface area contributed by atoms with Gasteiger partial charge in [0.15, 0.2) is 6.29 Å². The van der Waals surface area contributed by atoms with Gasteiger partial charge in [0.05, 0.1) is 12.7 Å². The minimum Gasteiger partial charge on any atom is -0.480 e. The number of aldehydes is 1. The molecule has 1 heterocycles. The third-order valence-electron chi connectivity index (χ3n) is 4.09. The summed E-state index contributed by atoms with van der Waals surface area (Å²) in [5, 5.41) is 0. The number of hydrogen-bond donors (Lipinski definition) is 0. The molecule has 0 amide bonds. The molecule has 0 aliphatic carbocycles. The molecule has 1 aromatic heterocycles. The van der Waals surface area contributed by atoms with Gasteiger partial charge in [0.25, 0.3) is 0 Å². The molecule has 0 fully saturated rings. The third kappa shape index (κ3) is 3.69. The summed E-state index contributed by atoms with van der Waals surface area (Å²) in [6, 6.07) is 19.7. The van der Waals surface area contributed by atoms with Crippen LogP contribution in [-0.4, -0.2) is 18.4 Å². The van der Waals surface area contributed by atoms with Gasteiger partial charge in [-0.3, -0.25) is 4.79 Å². The molecule has 0 radical (unpaired) electrons. The summed E-state index contributed by atoms with van der Waals surface area (Å²) in [6.07, 6.45) is 0.711. The second kappa shape index (κ2) is 7.62. The number of pyridine rings is 1. The van der Waals surface area contributed by atoms with Gasteiger partial charge in [-0.1, -0.05) is 48.5 Å². The van der Waals surface area contributed by atoms with E-state index < -0.39 is 0 Å². The smallest absolute Gasteiger partial charge is 0.227 e. The van der Waals surface area contributed by atoms with Crippen LogP contribution in [0.15, 0.2) is 60.7 Å². The molecule has 0 aliphatic heterocycles. The molecule has 3 aromatic rings. The van der Waals surface area contributed by atoms with E-state index in [9.17, 15) is 4.79 Å². The lowest BCUT2D eigenvalue weighted by Gasteiger charge is -2.13. The molecule has 4 heteroatoms. The van der Waals surface area contributed by atoms with Crippen LogP contribution in [0.1, 0.15) is 21.5 Å². The molecule has 0 saturated carbocycles. The van der Waals surface area contributed by atoms with E-state index in [1.807, 2.05) is 30.3 Å². The quantitative estimate of drug-likeness (QED) is 0.625. The van der Waals surface area contributed by atoms with Crippen LogP contribution in [0.4, 0.5) is 0 Å². The largest absolute Gasteiger partial charge is 0.480 e. The molecule has 0 unspecified atom stereocenters. The Morgan fingerprint density at radius 1 is 1.00 bits per heavy atom. The Kier molecular flexibility index (Phi) is 5.09. The number of aromatic nitrogens is 1. The van der Waals surface area contributed by atoms with Crippen molar-refractivity contribution in [2.45, 2.75) is 13.5 Å². The molecule has 2 aromatic carbocycles. The lowest BCUT2D eigenvalue weighted by Crippen LogP contribution is -2.02. The number of ether oxygens (including phenoxy) is 2. The zero-order chi connectivity index (χ0) is 17.6. The number of hydrogen-bond acceptors (Lipinski definition) is 4. The van der Waals surface area contributed by atoms with Crippen LogP contribution in [0.2, 0.25) is 0 Å². The van der Waals surface area contributed by atoms with Gasteiger partial charge in [-0.05, 0) is 35.2 Å². The van der Waals surface area contributed by atoms with Crippen LogP contribution in [0.3, 0.4) is 0 Å². The van der Waals surface area contributed by atoms with Crippen LogP contribution in [0, 0.1) is 6.92 Å². The van der Waals surface area contributed by atoms with Crippen LogP contribution < -0.4 is 9.47 Å². The SMILES string of the molecule is COc1nc(OCc2cccc(-c3ccccc3)c2C)ccc1C=O. The molecule has 4 nitrogen and oxygen atoms in total. The van der Waals surface area contributed by atoms with E-state index in [1.165, 1.54) is 23.8 Å². The van der Waals surface area contributed by atoms with Crippen molar-refractivity contribution in [3.8, 4) is 22.9 Å². The second-order valence-corrected chi connectivity index (χ2v) is 5.61. The summed E-state index contributed by atoms with van der Waals surface area (Å²) in [6.45, 7) is 2.48. The predicted octanol–water partition coefficient (Wildman–Crippen LogP) is 4.46. The van der Waals surface area contributed by atoms with Gasteiger partial charge in [0.1, 0.15) is 6.61 Å². The van der Waals surface area contributed by atoms with E-state index in [0.717, 1.165) is 5.56 Å². The third-order valence-corrected chi connectivity index (χ3v) is 4.09. The summed E-state index contributed by atoms with van der Waals surface area (Å²) in [5.41, 5.74) is 5.02. The maximum atomic E-state index is 10.9. The van der Waals surface area contributed by atoms with Crippen molar-refractivity contribution in [3.63, 3.8) is 0 Å². The molecule has 0 bridgehead atoms.